The van der Waals surface area contributed by atoms with Crippen LogP contribution in [0, 0.1) is 17.9 Å². The maximum Gasteiger partial charge on any atom is 0.195 e. The average Bonchev–Trinajstić information content (AvgIpc) is 3.53. The van der Waals surface area contributed by atoms with Gasteiger partial charge >= 0.3 is 0 Å². The number of nitriles is 1. The van der Waals surface area contributed by atoms with Crippen LogP contribution in [-0.2, 0) is 0 Å². The fourth-order valence-corrected chi connectivity index (χ4v) is 5.94. The first-order chi connectivity index (χ1) is 23.2. The molecule has 2 aromatic heterocycles. The number of fused-ring (bicyclic) bond motifs is 3. The van der Waals surface area contributed by atoms with Crippen LogP contribution in [0.4, 0.5) is 5.69 Å². The van der Waals surface area contributed by atoms with Crippen molar-refractivity contribution < 1.29 is 4.42 Å². The standard InChI is InChI=1S/C41H23N5O/c1-43-36-19-11-10-18-32(36)34-23-30(31-17-9-8-16-29(31)25-42)24-35-33-22-28(20-21-37(33)47-38(34)35)41-45-39(26-12-4-2-5-13-26)44-40(46-41)27-14-6-3-7-15-27/h2-24H. The van der Waals surface area contributed by atoms with E-state index >= 15 is 0 Å². The quantitative estimate of drug-likeness (QED) is 0.183. The lowest BCUT2D eigenvalue weighted by molar-refractivity contribution is 0.670. The summed E-state index contributed by atoms with van der Waals surface area (Å²) in [6.07, 6.45) is 0. The number of furan rings is 1. The van der Waals surface area contributed by atoms with E-state index in [1.165, 1.54) is 0 Å². The van der Waals surface area contributed by atoms with Gasteiger partial charge in [0.15, 0.2) is 23.2 Å². The number of rotatable bonds is 5. The number of nitrogens with zero attached hydrogens (tertiary/aromatic N) is 5. The van der Waals surface area contributed by atoms with Crippen molar-refractivity contribution in [3.63, 3.8) is 0 Å². The number of hydrogen-bond donors (Lipinski definition) is 0. The van der Waals surface area contributed by atoms with Gasteiger partial charge in [-0.05, 0) is 53.1 Å². The Hall–Kier alpha value is -6.89. The second-order valence-electron chi connectivity index (χ2n) is 11.0. The van der Waals surface area contributed by atoms with Crippen LogP contribution in [-0.4, -0.2) is 15.0 Å². The van der Waals surface area contributed by atoms with Gasteiger partial charge in [-0.25, -0.2) is 19.8 Å². The van der Waals surface area contributed by atoms with E-state index < -0.39 is 0 Å². The van der Waals surface area contributed by atoms with Gasteiger partial charge in [-0.3, -0.25) is 0 Å². The molecule has 6 aromatic carbocycles. The molecule has 0 aliphatic heterocycles. The molecule has 0 atom stereocenters. The van der Waals surface area contributed by atoms with E-state index in [1.54, 1.807) is 6.07 Å². The van der Waals surface area contributed by atoms with Crippen LogP contribution in [0.5, 0.6) is 0 Å². The van der Waals surface area contributed by atoms with Gasteiger partial charge in [0.25, 0.3) is 0 Å². The van der Waals surface area contributed by atoms with Crippen LogP contribution in [0.25, 0.3) is 83.2 Å². The fraction of sp³-hybridized carbons (Fsp3) is 0. The monoisotopic (exact) mass is 601 g/mol. The van der Waals surface area contributed by atoms with Gasteiger partial charge in [-0.2, -0.15) is 5.26 Å². The van der Waals surface area contributed by atoms with E-state index in [2.05, 4.69) is 17.0 Å². The summed E-state index contributed by atoms with van der Waals surface area (Å²) in [7, 11) is 0. The lowest BCUT2D eigenvalue weighted by Crippen LogP contribution is -2.00. The molecule has 0 aliphatic rings. The van der Waals surface area contributed by atoms with Crippen molar-refractivity contribution in [2.45, 2.75) is 0 Å². The molecular weight excluding hydrogens is 578 g/mol. The van der Waals surface area contributed by atoms with Crippen LogP contribution in [0.2, 0.25) is 0 Å². The summed E-state index contributed by atoms with van der Waals surface area (Å²) in [6, 6.07) is 47.2. The van der Waals surface area contributed by atoms with Crippen LogP contribution in [0.15, 0.2) is 144 Å². The van der Waals surface area contributed by atoms with Gasteiger partial charge in [0.1, 0.15) is 11.2 Å². The zero-order chi connectivity index (χ0) is 31.7. The summed E-state index contributed by atoms with van der Waals surface area (Å²) < 4.78 is 6.54. The molecule has 47 heavy (non-hydrogen) atoms. The number of benzene rings is 6. The largest absolute Gasteiger partial charge is 0.455 e. The third kappa shape index (κ3) is 4.97. The first-order valence-corrected chi connectivity index (χ1v) is 15.0. The van der Waals surface area contributed by atoms with Gasteiger partial charge in [0, 0.05) is 33.0 Å². The van der Waals surface area contributed by atoms with Gasteiger partial charge in [-0.15, -0.1) is 0 Å². The lowest BCUT2D eigenvalue weighted by Gasteiger charge is -2.10. The minimum Gasteiger partial charge on any atom is -0.455 e. The van der Waals surface area contributed by atoms with Crippen molar-refractivity contribution >= 4 is 27.6 Å². The van der Waals surface area contributed by atoms with Gasteiger partial charge in [-0.1, -0.05) is 103 Å². The molecule has 0 saturated carbocycles. The maximum atomic E-state index is 9.94. The topological polar surface area (TPSA) is 80.0 Å². The molecule has 0 aliphatic carbocycles. The summed E-state index contributed by atoms with van der Waals surface area (Å²) in [5.74, 6) is 1.71. The predicted octanol–water partition coefficient (Wildman–Crippen LogP) is 10.5. The molecule has 0 radical (unpaired) electrons. The third-order valence-corrected chi connectivity index (χ3v) is 8.20. The molecular formula is C41H23N5O. The Balaban J connectivity index is 1.39. The Labute approximate surface area is 270 Å². The maximum absolute atomic E-state index is 9.94. The Bertz CT molecular complexity index is 2480. The van der Waals surface area contributed by atoms with Crippen molar-refractivity contribution in [1.82, 2.24) is 15.0 Å². The highest BCUT2D eigenvalue weighted by molar-refractivity contribution is 6.13. The summed E-state index contributed by atoms with van der Waals surface area (Å²) >= 11 is 0. The van der Waals surface area contributed by atoms with Crippen LogP contribution >= 0.6 is 0 Å². The third-order valence-electron chi connectivity index (χ3n) is 8.20. The molecule has 0 spiro atoms. The Morgan fingerprint density at radius 2 is 1.11 bits per heavy atom. The molecule has 0 bridgehead atoms. The first-order valence-electron chi connectivity index (χ1n) is 15.0. The number of para-hydroxylation sites is 1. The minimum absolute atomic E-state index is 0.521. The highest BCUT2D eigenvalue weighted by Gasteiger charge is 2.20. The molecule has 0 N–H and O–H groups in total. The summed E-state index contributed by atoms with van der Waals surface area (Å²) in [5.41, 5.74) is 8.25. The van der Waals surface area contributed by atoms with Crippen molar-refractivity contribution in [2.75, 3.05) is 0 Å². The summed E-state index contributed by atoms with van der Waals surface area (Å²) in [4.78, 5) is 18.5. The highest BCUT2D eigenvalue weighted by Crippen LogP contribution is 2.43. The SMILES string of the molecule is [C-]#[N+]c1ccccc1-c1cc(-c2ccccc2C#N)cc2c1oc1ccc(-c3nc(-c4ccccc4)nc(-c4ccccc4)n3)cc12. The van der Waals surface area contributed by atoms with Gasteiger partial charge < -0.3 is 4.42 Å². The Morgan fingerprint density at radius 3 is 1.77 bits per heavy atom. The molecule has 2 heterocycles. The molecule has 0 saturated heterocycles. The number of hydrogen-bond acceptors (Lipinski definition) is 5. The van der Waals surface area contributed by atoms with E-state index in [0.717, 1.165) is 49.7 Å². The molecule has 0 amide bonds. The smallest absolute Gasteiger partial charge is 0.195 e. The molecule has 0 unspecified atom stereocenters. The van der Waals surface area contributed by atoms with E-state index in [-0.39, 0.29) is 0 Å². The second-order valence-corrected chi connectivity index (χ2v) is 11.0. The van der Waals surface area contributed by atoms with E-state index in [9.17, 15) is 5.26 Å². The predicted molar refractivity (Wildman–Crippen MR) is 185 cm³/mol. The normalized spacial score (nSPS) is 10.9. The zero-order valence-electron chi connectivity index (χ0n) is 24.9. The second kappa shape index (κ2) is 11.6. The first kappa shape index (κ1) is 27.6. The Kier molecular flexibility index (Phi) is 6.80. The van der Waals surface area contributed by atoms with Crippen molar-refractivity contribution in [1.29, 1.82) is 5.26 Å². The van der Waals surface area contributed by atoms with Crippen molar-refractivity contribution in [3.05, 3.63) is 157 Å². The summed E-state index contributed by atoms with van der Waals surface area (Å²) in [6.45, 7) is 7.85. The van der Waals surface area contributed by atoms with E-state index in [1.807, 2.05) is 127 Å². The van der Waals surface area contributed by atoms with Gasteiger partial charge in [0.2, 0.25) is 0 Å². The van der Waals surface area contributed by atoms with Crippen molar-refractivity contribution in [2.24, 2.45) is 0 Å². The molecule has 8 rings (SSSR count). The molecule has 8 aromatic rings. The molecule has 6 nitrogen and oxygen atoms in total. The fourth-order valence-electron chi connectivity index (χ4n) is 5.94. The molecule has 6 heteroatoms. The van der Waals surface area contributed by atoms with Crippen LogP contribution in [0.3, 0.4) is 0 Å². The Morgan fingerprint density at radius 1 is 0.532 bits per heavy atom. The average molecular weight is 602 g/mol. The van der Waals surface area contributed by atoms with Crippen LogP contribution in [0.1, 0.15) is 5.56 Å². The molecule has 0 fully saturated rings. The highest BCUT2D eigenvalue weighted by atomic mass is 16.3. The van der Waals surface area contributed by atoms with Crippen molar-refractivity contribution in [3.8, 4) is 62.5 Å². The lowest BCUT2D eigenvalue weighted by atomic mass is 9.93. The minimum atomic E-state index is 0.521. The van der Waals surface area contributed by atoms with E-state index in [0.29, 0.717) is 39.9 Å². The summed E-state index contributed by atoms with van der Waals surface area (Å²) in [5, 5.41) is 11.7. The zero-order valence-corrected chi connectivity index (χ0v) is 24.9. The van der Waals surface area contributed by atoms with E-state index in [4.69, 9.17) is 25.9 Å². The molecule has 218 valence electrons. The van der Waals surface area contributed by atoms with Crippen LogP contribution < -0.4 is 0 Å². The van der Waals surface area contributed by atoms with Gasteiger partial charge in [0.05, 0.1) is 18.2 Å². The number of aromatic nitrogens is 3.